The molecular formula is C14H18N4O. The standard InChI is InChI=1S/C14H18N4O/c1-10-5-4-6-11(2)12(10)7-18(3)13(19)14(15)8-16-17-9-14/h4-6,8-9H,7,15H2,1-3H3. The fourth-order valence-corrected chi connectivity index (χ4v) is 2.14. The molecule has 100 valence electrons. The maximum Gasteiger partial charge on any atom is 0.254 e. The highest BCUT2D eigenvalue weighted by atomic mass is 16.2. The zero-order valence-electron chi connectivity index (χ0n) is 11.4. The van der Waals surface area contributed by atoms with Gasteiger partial charge >= 0.3 is 0 Å². The number of nitrogens with two attached hydrogens (primary N) is 1. The lowest BCUT2D eigenvalue weighted by atomic mass is 10.00. The second-order valence-corrected chi connectivity index (χ2v) is 4.95. The molecule has 1 amide bonds. The Morgan fingerprint density at radius 3 is 2.32 bits per heavy atom. The quantitative estimate of drug-likeness (QED) is 0.879. The molecule has 0 fully saturated rings. The van der Waals surface area contributed by atoms with Crippen molar-refractivity contribution in [2.75, 3.05) is 7.05 Å². The van der Waals surface area contributed by atoms with Crippen LogP contribution in [0.25, 0.3) is 0 Å². The predicted octanol–water partition coefficient (Wildman–Crippen LogP) is 1.03. The lowest BCUT2D eigenvalue weighted by Gasteiger charge is -2.25. The van der Waals surface area contributed by atoms with Crippen molar-refractivity contribution >= 4 is 18.3 Å². The summed E-state index contributed by atoms with van der Waals surface area (Å²) in [5.74, 6) is -0.208. The molecule has 1 heterocycles. The molecule has 0 unspecified atom stereocenters. The van der Waals surface area contributed by atoms with E-state index in [1.807, 2.05) is 32.0 Å². The Morgan fingerprint density at radius 1 is 1.26 bits per heavy atom. The Morgan fingerprint density at radius 2 is 1.79 bits per heavy atom. The van der Waals surface area contributed by atoms with E-state index < -0.39 is 5.54 Å². The van der Waals surface area contributed by atoms with Gasteiger partial charge in [0.05, 0.1) is 12.4 Å². The molecule has 1 aromatic rings. The van der Waals surface area contributed by atoms with E-state index in [0.717, 1.165) is 5.56 Å². The lowest BCUT2D eigenvalue weighted by Crippen LogP contribution is -2.55. The van der Waals surface area contributed by atoms with Gasteiger partial charge in [-0.3, -0.25) is 4.79 Å². The minimum atomic E-state index is -1.20. The maximum atomic E-state index is 12.3. The molecule has 2 N–H and O–H groups in total. The van der Waals surface area contributed by atoms with Crippen molar-refractivity contribution in [1.82, 2.24) is 4.90 Å². The second-order valence-electron chi connectivity index (χ2n) is 4.95. The Hall–Kier alpha value is -2.01. The predicted molar refractivity (Wildman–Crippen MR) is 76.3 cm³/mol. The molecule has 0 aliphatic carbocycles. The van der Waals surface area contributed by atoms with E-state index in [1.54, 1.807) is 11.9 Å². The van der Waals surface area contributed by atoms with Crippen molar-refractivity contribution in [3.63, 3.8) is 0 Å². The van der Waals surface area contributed by atoms with Crippen molar-refractivity contribution in [3.05, 3.63) is 34.9 Å². The Bertz CT molecular complexity index is 530. The third-order valence-electron chi connectivity index (χ3n) is 3.37. The number of nitrogens with zero attached hydrogens (tertiary/aromatic N) is 3. The third-order valence-corrected chi connectivity index (χ3v) is 3.37. The van der Waals surface area contributed by atoms with E-state index in [0.29, 0.717) is 6.54 Å². The molecule has 0 saturated carbocycles. The first-order valence-electron chi connectivity index (χ1n) is 6.12. The van der Waals surface area contributed by atoms with Crippen LogP contribution in [0.5, 0.6) is 0 Å². The first-order valence-corrected chi connectivity index (χ1v) is 6.12. The number of rotatable bonds is 3. The van der Waals surface area contributed by atoms with Gasteiger partial charge in [-0.15, -0.1) is 0 Å². The van der Waals surface area contributed by atoms with Crippen molar-refractivity contribution in [3.8, 4) is 0 Å². The zero-order valence-corrected chi connectivity index (χ0v) is 11.4. The summed E-state index contributed by atoms with van der Waals surface area (Å²) in [6, 6.07) is 6.09. The molecule has 0 atom stereocenters. The van der Waals surface area contributed by atoms with Crippen LogP contribution in [0.4, 0.5) is 0 Å². The van der Waals surface area contributed by atoms with Crippen molar-refractivity contribution < 1.29 is 4.79 Å². The van der Waals surface area contributed by atoms with Gasteiger partial charge in [-0.2, -0.15) is 10.2 Å². The smallest absolute Gasteiger partial charge is 0.254 e. The Kier molecular flexibility index (Phi) is 3.48. The minimum Gasteiger partial charge on any atom is -0.339 e. The van der Waals surface area contributed by atoms with Gasteiger partial charge in [-0.1, -0.05) is 18.2 Å². The van der Waals surface area contributed by atoms with Gasteiger partial charge in [0.2, 0.25) is 0 Å². The van der Waals surface area contributed by atoms with Crippen molar-refractivity contribution in [2.24, 2.45) is 15.9 Å². The van der Waals surface area contributed by atoms with Gasteiger partial charge in [-0.05, 0) is 30.5 Å². The molecule has 5 nitrogen and oxygen atoms in total. The van der Waals surface area contributed by atoms with E-state index in [2.05, 4.69) is 10.2 Å². The number of carbonyl (C=O) groups excluding carboxylic acids is 1. The van der Waals surface area contributed by atoms with E-state index >= 15 is 0 Å². The second kappa shape index (κ2) is 4.93. The summed E-state index contributed by atoms with van der Waals surface area (Å²) in [5, 5.41) is 7.31. The molecule has 0 aromatic heterocycles. The molecular weight excluding hydrogens is 240 g/mol. The summed E-state index contributed by atoms with van der Waals surface area (Å²) in [6.07, 6.45) is 2.74. The number of benzene rings is 1. The number of hydrogen-bond acceptors (Lipinski definition) is 4. The molecule has 1 aliphatic rings. The van der Waals surface area contributed by atoms with Gasteiger partial charge in [0.1, 0.15) is 0 Å². The van der Waals surface area contributed by atoms with Crippen LogP contribution in [0.3, 0.4) is 0 Å². The maximum absolute atomic E-state index is 12.3. The van der Waals surface area contributed by atoms with Crippen molar-refractivity contribution in [2.45, 2.75) is 25.9 Å². The SMILES string of the molecule is Cc1cccc(C)c1CN(C)C(=O)C1(N)C=NN=C1. The largest absolute Gasteiger partial charge is 0.339 e. The van der Waals surface area contributed by atoms with Crippen LogP contribution in [0, 0.1) is 13.8 Å². The summed E-state index contributed by atoms with van der Waals surface area (Å²) in [4.78, 5) is 13.9. The molecule has 2 rings (SSSR count). The summed E-state index contributed by atoms with van der Waals surface area (Å²) in [6.45, 7) is 4.60. The molecule has 0 radical (unpaired) electrons. The fourth-order valence-electron chi connectivity index (χ4n) is 2.14. The van der Waals surface area contributed by atoms with Crippen LogP contribution in [-0.4, -0.2) is 35.8 Å². The van der Waals surface area contributed by atoms with Crippen LogP contribution in [-0.2, 0) is 11.3 Å². The van der Waals surface area contributed by atoms with Crippen molar-refractivity contribution in [1.29, 1.82) is 0 Å². The Labute approximate surface area is 112 Å². The average Bonchev–Trinajstić information content (AvgIpc) is 2.81. The molecule has 0 spiro atoms. The van der Waals surface area contributed by atoms with Gasteiger partial charge in [0, 0.05) is 13.6 Å². The first-order chi connectivity index (χ1) is 8.94. The van der Waals surface area contributed by atoms with Crippen LogP contribution < -0.4 is 5.73 Å². The third kappa shape index (κ3) is 2.56. The number of hydrogen-bond donors (Lipinski definition) is 1. The fraction of sp³-hybridized carbons (Fsp3) is 0.357. The monoisotopic (exact) mass is 258 g/mol. The highest BCUT2D eigenvalue weighted by molar-refractivity contribution is 6.19. The summed E-state index contributed by atoms with van der Waals surface area (Å²) < 4.78 is 0. The van der Waals surface area contributed by atoms with E-state index in [4.69, 9.17) is 5.73 Å². The first kappa shape index (κ1) is 13.4. The molecule has 0 bridgehead atoms. The van der Waals surface area contributed by atoms with E-state index in [9.17, 15) is 4.79 Å². The summed E-state index contributed by atoms with van der Waals surface area (Å²) in [7, 11) is 1.74. The summed E-state index contributed by atoms with van der Waals surface area (Å²) >= 11 is 0. The number of likely N-dealkylation sites (N-methyl/N-ethyl adjacent to an activating group) is 1. The van der Waals surface area contributed by atoms with Crippen LogP contribution >= 0.6 is 0 Å². The highest BCUT2D eigenvalue weighted by Crippen LogP contribution is 2.16. The van der Waals surface area contributed by atoms with Crippen LogP contribution in [0.15, 0.2) is 28.4 Å². The van der Waals surface area contributed by atoms with Crippen LogP contribution in [0.1, 0.15) is 16.7 Å². The number of carbonyl (C=O) groups is 1. The van der Waals surface area contributed by atoms with E-state index in [-0.39, 0.29) is 5.91 Å². The highest BCUT2D eigenvalue weighted by Gasteiger charge is 2.35. The molecule has 1 aromatic carbocycles. The normalized spacial score (nSPS) is 15.8. The molecule has 19 heavy (non-hydrogen) atoms. The molecule has 0 saturated heterocycles. The van der Waals surface area contributed by atoms with Gasteiger partial charge in [0.15, 0.2) is 5.54 Å². The van der Waals surface area contributed by atoms with Crippen LogP contribution in [0.2, 0.25) is 0 Å². The van der Waals surface area contributed by atoms with Gasteiger partial charge in [-0.25, -0.2) is 0 Å². The summed E-state index contributed by atoms with van der Waals surface area (Å²) in [5.41, 5.74) is 8.22. The van der Waals surface area contributed by atoms with Gasteiger partial charge < -0.3 is 10.6 Å². The molecule has 5 heteroatoms. The molecule has 1 aliphatic heterocycles. The average molecular weight is 258 g/mol. The topological polar surface area (TPSA) is 71.0 Å². The zero-order chi connectivity index (χ0) is 14.0. The van der Waals surface area contributed by atoms with E-state index in [1.165, 1.54) is 23.6 Å². The van der Waals surface area contributed by atoms with Gasteiger partial charge in [0.25, 0.3) is 5.91 Å². The number of amides is 1. The Balaban J connectivity index is 2.18. The lowest BCUT2D eigenvalue weighted by molar-refractivity contribution is -0.131. The minimum absolute atomic E-state index is 0.208. The number of aryl methyl sites for hydroxylation is 2.